The average molecular weight is 329 g/mol. The normalized spacial score (nSPS) is 13.0. The number of halogens is 3. The van der Waals surface area contributed by atoms with Gasteiger partial charge in [0, 0.05) is 11.3 Å². The largest absolute Gasteiger partial charge is 0.401 e. The number of H-pyrrole nitrogens is 1. The van der Waals surface area contributed by atoms with E-state index in [-0.39, 0.29) is 17.8 Å². The Kier molecular flexibility index (Phi) is 4.02. The molecule has 1 aromatic heterocycles. The second-order valence-electron chi connectivity index (χ2n) is 5.64. The Labute approximate surface area is 137 Å². The third kappa shape index (κ3) is 2.98. The fraction of sp³-hybridized carbons (Fsp3) is 0.222. The molecule has 0 aliphatic rings. The summed E-state index contributed by atoms with van der Waals surface area (Å²) < 4.78 is 41.0. The Balaban J connectivity index is 2.14. The lowest BCUT2D eigenvalue weighted by molar-refractivity contribution is -0.141. The highest BCUT2D eigenvalue weighted by Crippen LogP contribution is 2.41. The summed E-state index contributed by atoms with van der Waals surface area (Å²) in [6.45, 7) is 8.71. The third-order valence-electron chi connectivity index (χ3n) is 3.99. The van der Waals surface area contributed by atoms with E-state index in [1.165, 1.54) is 18.5 Å². The van der Waals surface area contributed by atoms with E-state index >= 15 is 0 Å². The molecule has 1 N–H and O–H groups in total. The van der Waals surface area contributed by atoms with Crippen molar-refractivity contribution in [2.45, 2.75) is 25.6 Å². The molecule has 0 saturated carbocycles. The van der Waals surface area contributed by atoms with Gasteiger partial charge >= 0.3 is 6.18 Å². The Bertz CT molecular complexity index is 919. The van der Waals surface area contributed by atoms with Crippen molar-refractivity contribution in [1.29, 1.82) is 0 Å². The van der Waals surface area contributed by atoms with Crippen LogP contribution in [0.15, 0.2) is 42.7 Å². The summed E-state index contributed by atoms with van der Waals surface area (Å²) >= 11 is 0. The van der Waals surface area contributed by atoms with E-state index in [1.54, 1.807) is 19.1 Å². The van der Waals surface area contributed by atoms with Crippen LogP contribution in [0, 0.1) is 13.5 Å². The lowest BCUT2D eigenvalue weighted by Crippen LogP contribution is -2.23. The van der Waals surface area contributed by atoms with Gasteiger partial charge in [0.05, 0.1) is 12.0 Å². The summed E-state index contributed by atoms with van der Waals surface area (Å²) in [6, 6.07) is 10.1. The number of hydrogen-bond acceptors (Lipinski definition) is 1. The monoisotopic (exact) mass is 329 g/mol. The third-order valence-corrected chi connectivity index (χ3v) is 3.99. The predicted octanol–water partition coefficient (Wildman–Crippen LogP) is 4.98. The molecule has 1 heterocycles. The maximum Gasteiger partial charge on any atom is 0.401 e. The highest BCUT2D eigenvalue weighted by molar-refractivity contribution is 5.84. The van der Waals surface area contributed by atoms with E-state index in [2.05, 4.69) is 14.8 Å². The summed E-state index contributed by atoms with van der Waals surface area (Å²) in [6.07, 6.45) is -3.17. The smallest absolute Gasteiger partial charge is 0.348 e. The Morgan fingerprint density at radius 1 is 1.17 bits per heavy atom. The number of imidazole rings is 1. The van der Waals surface area contributed by atoms with E-state index in [0.29, 0.717) is 11.1 Å². The number of alkyl halides is 3. The molecule has 24 heavy (non-hydrogen) atoms. The molecular weight excluding hydrogens is 315 g/mol. The van der Waals surface area contributed by atoms with Crippen LogP contribution in [-0.4, -0.2) is 16.1 Å². The van der Waals surface area contributed by atoms with Crippen molar-refractivity contribution < 1.29 is 13.2 Å². The first-order valence-electron chi connectivity index (χ1n) is 7.32. The van der Waals surface area contributed by atoms with Gasteiger partial charge in [-0.1, -0.05) is 30.3 Å². The number of fused-ring (bicyclic) bond motifs is 1. The first-order valence-corrected chi connectivity index (χ1v) is 7.32. The van der Waals surface area contributed by atoms with E-state index < -0.39 is 12.1 Å². The van der Waals surface area contributed by atoms with Crippen LogP contribution in [0.4, 0.5) is 13.2 Å². The van der Waals surface area contributed by atoms with Crippen LogP contribution in [0.25, 0.3) is 15.6 Å². The number of rotatable bonds is 3. The summed E-state index contributed by atoms with van der Waals surface area (Å²) in [5.74, 6) is -1.78. The number of aromatic amines is 1. The predicted molar refractivity (Wildman–Crippen MR) is 85.5 cm³/mol. The highest BCUT2D eigenvalue weighted by atomic mass is 19.4. The van der Waals surface area contributed by atoms with Gasteiger partial charge in [-0.25, -0.2) is 11.6 Å². The molecule has 3 rings (SSSR count). The van der Waals surface area contributed by atoms with Crippen LogP contribution in [0.5, 0.6) is 0 Å². The van der Waals surface area contributed by atoms with Gasteiger partial charge in [0.15, 0.2) is 0 Å². The fourth-order valence-corrected chi connectivity index (χ4v) is 2.85. The fourth-order valence-electron chi connectivity index (χ4n) is 2.85. The van der Waals surface area contributed by atoms with Gasteiger partial charge in [-0.05, 0) is 29.3 Å². The highest BCUT2D eigenvalue weighted by Gasteiger charge is 2.44. The van der Waals surface area contributed by atoms with E-state index in [0.717, 1.165) is 10.9 Å². The van der Waals surface area contributed by atoms with E-state index in [4.69, 9.17) is 6.57 Å². The maximum atomic E-state index is 13.7. The lowest BCUT2D eigenvalue weighted by Gasteiger charge is -2.20. The summed E-state index contributed by atoms with van der Waals surface area (Å²) in [7, 11) is 0. The zero-order valence-electron chi connectivity index (χ0n) is 12.9. The van der Waals surface area contributed by atoms with Gasteiger partial charge in [-0.2, -0.15) is 13.2 Å². The number of nitrogens with one attached hydrogen (secondary N) is 1. The number of nitrogens with zero attached hydrogens (tertiary/aromatic N) is 2. The Morgan fingerprint density at radius 2 is 1.92 bits per heavy atom. The van der Waals surface area contributed by atoms with Crippen molar-refractivity contribution in [3.8, 4) is 0 Å². The number of aryl methyl sites for hydroxylation is 1. The molecule has 0 spiro atoms. The second-order valence-corrected chi connectivity index (χ2v) is 5.64. The van der Waals surface area contributed by atoms with Crippen molar-refractivity contribution in [1.82, 2.24) is 9.97 Å². The Morgan fingerprint density at radius 3 is 2.54 bits per heavy atom. The zero-order chi connectivity index (χ0) is 17.3. The van der Waals surface area contributed by atoms with Gasteiger partial charge in [-0.3, -0.25) is 0 Å². The van der Waals surface area contributed by atoms with Crippen molar-refractivity contribution in [2.75, 3.05) is 0 Å². The topological polar surface area (TPSA) is 33.0 Å². The molecule has 0 bridgehead atoms. The van der Waals surface area contributed by atoms with Crippen LogP contribution in [0.2, 0.25) is 0 Å². The molecule has 0 saturated heterocycles. The van der Waals surface area contributed by atoms with Crippen molar-refractivity contribution >= 4 is 10.8 Å². The van der Waals surface area contributed by atoms with Gasteiger partial charge in [0.1, 0.15) is 5.92 Å². The summed E-state index contributed by atoms with van der Waals surface area (Å²) in [4.78, 5) is 9.90. The van der Waals surface area contributed by atoms with Crippen molar-refractivity contribution in [3.05, 3.63) is 76.7 Å². The molecule has 0 fully saturated rings. The molecular formula is C18H14F3N3. The quantitative estimate of drug-likeness (QED) is 0.675. The molecule has 0 amide bonds. The van der Waals surface area contributed by atoms with Crippen LogP contribution in [0.1, 0.15) is 28.4 Å². The zero-order valence-corrected chi connectivity index (χ0v) is 12.9. The van der Waals surface area contributed by atoms with Crippen LogP contribution < -0.4 is 0 Å². The number of benzene rings is 2. The average Bonchev–Trinajstić information content (AvgIpc) is 2.92. The SMILES string of the molecule is [C-]#[N+]Cc1ccc2ccc([C@H](c3nc[nH]c3C)C(F)(F)F)cc2c1. The molecule has 3 aromatic rings. The number of aromatic nitrogens is 2. The minimum atomic E-state index is -4.44. The van der Waals surface area contributed by atoms with Crippen molar-refractivity contribution in [2.24, 2.45) is 0 Å². The Hall–Kier alpha value is -2.81. The first-order chi connectivity index (χ1) is 11.4. The molecule has 0 unspecified atom stereocenters. The summed E-state index contributed by atoms with van der Waals surface area (Å²) in [5.41, 5.74) is 1.32. The lowest BCUT2D eigenvalue weighted by atomic mass is 9.91. The molecule has 3 nitrogen and oxygen atoms in total. The van der Waals surface area contributed by atoms with Crippen LogP contribution in [0.3, 0.4) is 0 Å². The molecule has 1 atom stereocenters. The molecule has 6 heteroatoms. The molecule has 0 radical (unpaired) electrons. The van der Waals surface area contributed by atoms with Crippen LogP contribution in [-0.2, 0) is 6.54 Å². The number of hydrogen-bond donors (Lipinski definition) is 1. The van der Waals surface area contributed by atoms with Gasteiger partial charge in [-0.15, -0.1) is 0 Å². The van der Waals surface area contributed by atoms with Crippen molar-refractivity contribution in [3.63, 3.8) is 0 Å². The standard InChI is InChI=1S/C18H14F3N3/c1-11-17(24-10-23-11)16(18(19,20)21)14-6-5-13-4-3-12(9-22-2)7-15(13)8-14/h3-8,10,16H,9H2,1H3,(H,23,24)/t16-/m1/s1. The summed E-state index contributed by atoms with van der Waals surface area (Å²) in [5, 5.41) is 1.53. The molecule has 122 valence electrons. The maximum absolute atomic E-state index is 13.7. The van der Waals surface area contributed by atoms with E-state index in [1.807, 2.05) is 12.1 Å². The molecule has 0 aliphatic carbocycles. The second kappa shape index (κ2) is 6.00. The van der Waals surface area contributed by atoms with Gasteiger partial charge in [0.2, 0.25) is 6.54 Å². The minimum absolute atomic E-state index is 0.0147. The van der Waals surface area contributed by atoms with Crippen LogP contribution >= 0.6 is 0 Å². The molecule has 2 aromatic carbocycles. The van der Waals surface area contributed by atoms with Gasteiger partial charge < -0.3 is 9.83 Å². The molecule has 0 aliphatic heterocycles. The first kappa shape index (κ1) is 16.1. The van der Waals surface area contributed by atoms with E-state index in [9.17, 15) is 13.2 Å². The minimum Gasteiger partial charge on any atom is -0.348 e. The van der Waals surface area contributed by atoms with Gasteiger partial charge in [0.25, 0.3) is 0 Å².